The molecule has 3 heterocycles. The van der Waals surface area contributed by atoms with E-state index < -0.39 is 123 Å². The second kappa shape index (κ2) is 13.9. The zero-order valence-corrected chi connectivity index (χ0v) is 21.9. The molecule has 0 aliphatic carbocycles. The summed E-state index contributed by atoms with van der Waals surface area (Å²) < 4.78 is 26.9. The molecule has 15 atom stereocenters. The average Bonchev–Trinajstić information content (AvgIpc) is 2.90. The average molecular weight is 601 g/mol. The van der Waals surface area contributed by atoms with Crippen LogP contribution in [0.15, 0.2) is 0 Å². The molecule has 0 radical (unpaired) electrons. The van der Waals surface area contributed by atoms with E-state index in [1.807, 2.05) is 0 Å². The Labute approximate surface area is 232 Å². The van der Waals surface area contributed by atoms with E-state index >= 15 is 0 Å². The number of carbonyl (C=O) groups excluding carboxylic acids is 2. The van der Waals surface area contributed by atoms with Crippen LogP contribution in [0.1, 0.15) is 13.8 Å². The molecule has 11 N–H and O–H groups in total. The number of aliphatic hydroxyl groups excluding tert-OH is 8. The third-order valence-electron chi connectivity index (χ3n) is 6.86. The Morgan fingerprint density at radius 2 is 1.20 bits per heavy atom. The summed E-state index contributed by atoms with van der Waals surface area (Å²) in [5, 5.41) is 96.5. The van der Waals surface area contributed by atoms with Crippen molar-refractivity contribution in [2.45, 2.75) is 106 Å². The van der Waals surface area contributed by atoms with Gasteiger partial charge in [-0.15, -0.1) is 0 Å². The van der Waals surface area contributed by atoms with Crippen molar-refractivity contribution in [2.75, 3.05) is 13.2 Å². The highest BCUT2D eigenvalue weighted by atomic mass is 16.7. The summed E-state index contributed by atoms with van der Waals surface area (Å²) in [7, 11) is 0. The highest BCUT2D eigenvalue weighted by Gasteiger charge is 2.55. The fourth-order valence-electron chi connectivity index (χ4n) is 4.83. The van der Waals surface area contributed by atoms with Crippen LogP contribution in [-0.2, 0) is 38.1 Å². The van der Waals surface area contributed by atoms with Gasteiger partial charge in [-0.25, -0.2) is 4.79 Å². The molecular formula is C22H36N2O17. The van der Waals surface area contributed by atoms with Crippen LogP contribution in [0.4, 0.5) is 0 Å². The zero-order chi connectivity index (χ0) is 30.8. The van der Waals surface area contributed by atoms with Gasteiger partial charge in [0.15, 0.2) is 25.0 Å². The molecule has 19 nitrogen and oxygen atoms in total. The molecule has 0 aromatic rings. The van der Waals surface area contributed by atoms with Crippen LogP contribution in [0.25, 0.3) is 0 Å². The van der Waals surface area contributed by atoms with Crippen molar-refractivity contribution in [1.29, 1.82) is 0 Å². The van der Waals surface area contributed by atoms with Crippen molar-refractivity contribution in [3.63, 3.8) is 0 Å². The molecule has 0 aromatic carbocycles. The Kier molecular flexibility index (Phi) is 11.3. The maximum Gasteiger partial charge on any atom is 0.335 e. The second-order valence-corrected chi connectivity index (χ2v) is 9.84. The molecule has 3 saturated heterocycles. The van der Waals surface area contributed by atoms with Crippen molar-refractivity contribution < 1.29 is 84.0 Å². The molecule has 3 aliphatic rings. The number of nitrogens with one attached hydrogen (secondary N) is 2. The number of aliphatic carboxylic acids is 1. The molecule has 41 heavy (non-hydrogen) atoms. The van der Waals surface area contributed by atoms with Crippen molar-refractivity contribution in [3.8, 4) is 0 Å². The highest BCUT2D eigenvalue weighted by molar-refractivity contribution is 5.74. The lowest BCUT2D eigenvalue weighted by Crippen LogP contribution is -2.69. The summed E-state index contributed by atoms with van der Waals surface area (Å²) in [5.74, 6) is -3.16. The van der Waals surface area contributed by atoms with E-state index in [0.29, 0.717) is 0 Å². The maximum atomic E-state index is 12.1. The van der Waals surface area contributed by atoms with Crippen LogP contribution >= 0.6 is 0 Å². The van der Waals surface area contributed by atoms with E-state index in [2.05, 4.69) is 10.6 Å². The number of aliphatic hydroxyl groups is 8. The Morgan fingerprint density at radius 3 is 1.73 bits per heavy atom. The highest BCUT2D eigenvalue weighted by Crippen LogP contribution is 2.32. The normalized spacial score (nSPS) is 45.1. The fourth-order valence-corrected chi connectivity index (χ4v) is 4.83. The van der Waals surface area contributed by atoms with Crippen molar-refractivity contribution in [2.24, 2.45) is 0 Å². The summed E-state index contributed by atoms with van der Waals surface area (Å²) in [6.45, 7) is 0.516. The number of carbonyl (C=O) groups is 3. The first-order valence-electron chi connectivity index (χ1n) is 12.6. The minimum Gasteiger partial charge on any atom is -0.479 e. The first kappa shape index (κ1) is 33.4. The van der Waals surface area contributed by atoms with E-state index in [4.69, 9.17) is 23.7 Å². The van der Waals surface area contributed by atoms with Gasteiger partial charge in [-0.3, -0.25) is 9.59 Å². The lowest BCUT2D eigenvalue weighted by atomic mass is 9.94. The van der Waals surface area contributed by atoms with Crippen LogP contribution in [0.2, 0.25) is 0 Å². The number of hydrogen-bond donors (Lipinski definition) is 11. The van der Waals surface area contributed by atoms with E-state index in [0.717, 1.165) is 13.8 Å². The molecule has 1 unspecified atom stereocenters. The smallest absolute Gasteiger partial charge is 0.335 e. The minimum atomic E-state index is -2.14. The van der Waals surface area contributed by atoms with Gasteiger partial charge in [0, 0.05) is 13.8 Å². The maximum absolute atomic E-state index is 12.1. The van der Waals surface area contributed by atoms with E-state index in [-0.39, 0.29) is 0 Å². The molecule has 0 aromatic heterocycles. The van der Waals surface area contributed by atoms with Crippen molar-refractivity contribution in [1.82, 2.24) is 10.6 Å². The number of rotatable bonds is 9. The van der Waals surface area contributed by atoms with Crippen LogP contribution in [-0.4, -0.2) is 169 Å². The van der Waals surface area contributed by atoms with Gasteiger partial charge in [-0.2, -0.15) is 0 Å². The summed E-state index contributed by atoms with van der Waals surface area (Å²) in [6, 6.07) is -3.02. The topological polar surface area (TPSA) is 303 Å². The van der Waals surface area contributed by atoms with Gasteiger partial charge in [-0.05, 0) is 0 Å². The number of carboxylic acids is 1. The molecule has 0 saturated carbocycles. The lowest BCUT2D eigenvalue weighted by Gasteiger charge is -2.48. The largest absolute Gasteiger partial charge is 0.479 e. The summed E-state index contributed by atoms with van der Waals surface area (Å²) >= 11 is 0. The summed E-state index contributed by atoms with van der Waals surface area (Å²) in [6.07, 6.45) is -23.7. The number of ether oxygens (including phenoxy) is 5. The predicted octanol–water partition coefficient (Wildman–Crippen LogP) is -7.19. The molecule has 3 rings (SSSR count). The first-order chi connectivity index (χ1) is 19.2. The lowest BCUT2D eigenvalue weighted by molar-refractivity contribution is -0.359. The predicted molar refractivity (Wildman–Crippen MR) is 125 cm³/mol. The monoisotopic (exact) mass is 600 g/mol. The fraction of sp³-hybridized carbons (Fsp3) is 0.864. The summed E-state index contributed by atoms with van der Waals surface area (Å²) in [5.41, 5.74) is 0. The SMILES string of the molecule is CC(=O)N[C@H]1[C@H](O[C@H]2[C@H](O)[C@@H](O)[C@H](O[C@H]3[C@H](O)[C@@H](CO)OC(O)[C@@H]3NC(C)=O)O[C@@H]2C(=O)O)O[C@H](CO)[C@@H](O)[C@@H]1O. The Bertz CT molecular complexity index is 927. The van der Waals surface area contributed by atoms with E-state index in [9.17, 15) is 60.3 Å². The molecule has 19 heteroatoms. The van der Waals surface area contributed by atoms with Gasteiger partial charge >= 0.3 is 5.97 Å². The van der Waals surface area contributed by atoms with Gasteiger partial charge in [-0.1, -0.05) is 0 Å². The molecule has 0 bridgehead atoms. The van der Waals surface area contributed by atoms with Crippen LogP contribution in [0.5, 0.6) is 0 Å². The minimum absolute atomic E-state index is 0.697. The van der Waals surface area contributed by atoms with Gasteiger partial charge in [0.25, 0.3) is 0 Å². The van der Waals surface area contributed by atoms with Gasteiger partial charge in [0.2, 0.25) is 11.8 Å². The van der Waals surface area contributed by atoms with Crippen LogP contribution in [0.3, 0.4) is 0 Å². The molecule has 236 valence electrons. The van der Waals surface area contributed by atoms with Gasteiger partial charge < -0.3 is 80.3 Å². The summed E-state index contributed by atoms with van der Waals surface area (Å²) in [4.78, 5) is 35.5. The van der Waals surface area contributed by atoms with Crippen LogP contribution in [0, 0.1) is 0 Å². The Morgan fingerprint density at radius 1 is 0.659 bits per heavy atom. The number of carboxylic acid groups (broad SMARTS) is 1. The third-order valence-corrected chi connectivity index (χ3v) is 6.86. The quantitative estimate of drug-likeness (QED) is 0.117. The standard InChI is InChI=1S/C22H36N2O17/c1-5(27)23-9-13(31)11(29)7(3-25)38-21(9)40-17-14(32)15(33)22(41-18(17)19(34)35)39-16-10(24-6(2)28)20(36)37-8(4-26)12(16)30/h7-18,20-22,25-26,29-33,36H,3-4H2,1-2H3,(H,23,27)(H,24,28)(H,34,35)/t7-,8-,9-,10-,11-,12-,13-,14-,15-,16-,17+,18+,20?,21+,22-/m1/s1. The zero-order valence-electron chi connectivity index (χ0n) is 21.9. The molecule has 2 amide bonds. The Hall–Kier alpha value is -2.11. The first-order valence-corrected chi connectivity index (χ1v) is 12.6. The second-order valence-electron chi connectivity index (χ2n) is 9.84. The number of hydrogen-bond acceptors (Lipinski definition) is 16. The van der Waals surface area contributed by atoms with Gasteiger partial charge in [0.05, 0.1) is 13.2 Å². The molecule has 0 spiro atoms. The molecule has 3 aliphatic heterocycles. The number of amides is 2. The molecular weight excluding hydrogens is 564 g/mol. The third kappa shape index (κ3) is 7.28. The molecule has 3 fully saturated rings. The van der Waals surface area contributed by atoms with Crippen molar-refractivity contribution in [3.05, 3.63) is 0 Å². The van der Waals surface area contributed by atoms with E-state index in [1.165, 1.54) is 0 Å². The Balaban J connectivity index is 1.86. The van der Waals surface area contributed by atoms with Crippen molar-refractivity contribution >= 4 is 17.8 Å². The van der Waals surface area contributed by atoms with Crippen LogP contribution < -0.4 is 10.6 Å². The van der Waals surface area contributed by atoms with E-state index in [1.54, 1.807) is 0 Å². The van der Waals surface area contributed by atoms with Gasteiger partial charge in [0.1, 0.15) is 67.0 Å².